The van der Waals surface area contributed by atoms with Crippen LogP contribution in [-0.4, -0.2) is 104 Å². The average Bonchev–Trinajstić information content (AvgIpc) is 3.50. The van der Waals surface area contributed by atoms with Crippen LogP contribution in [0.1, 0.15) is 56.3 Å². The number of methoxy groups -OCH3 is 1. The average molecular weight is 637 g/mol. The van der Waals surface area contributed by atoms with Crippen LogP contribution in [0, 0.1) is 32.1 Å². The number of carbonyl (C=O) groups excluding carboxylic acids is 1. The first-order valence-electron chi connectivity index (χ1n) is 15.3. The van der Waals surface area contributed by atoms with E-state index in [0.717, 1.165) is 33.6 Å². The number of phenols is 1. The molecule has 0 aromatic heterocycles. The molecular weight excluding hydrogens is 596 g/mol. The minimum Gasteiger partial charge on any atom is -0.507 e. The summed E-state index contributed by atoms with van der Waals surface area (Å²) in [6, 6.07) is 2.75. The van der Waals surface area contributed by atoms with E-state index in [2.05, 4.69) is 42.8 Å². The number of phenolic OH excluding ortho intramolecular Hbond substituents is 1. The minimum absolute atomic E-state index is 0.0104. The van der Waals surface area contributed by atoms with E-state index in [0.29, 0.717) is 29.2 Å². The second-order valence-corrected chi connectivity index (χ2v) is 14.1. The molecule has 4 bridgehead atoms. The maximum atomic E-state index is 13.5. The van der Waals surface area contributed by atoms with Crippen LogP contribution in [0.15, 0.2) is 6.07 Å². The number of hydrogen-bond acceptors (Lipinski definition) is 12. The summed E-state index contributed by atoms with van der Waals surface area (Å²) in [5, 5.41) is 22.6. The summed E-state index contributed by atoms with van der Waals surface area (Å²) in [4.78, 5) is 19.9. The zero-order valence-electron chi connectivity index (χ0n) is 26.7. The van der Waals surface area contributed by atoms with Crippen molar-refractivity contribution in [1.29, 1.82) is 5.26 Å². The van der Waals surface area contributed by atoms with Gasteiger partial charge >= 0.3 is 5.97 Å². The number of rotatable bonds is 4. The number of ether oxygens (including phenoxy) is 5. The van der Waals surface area contributed by atoms with Gasteiger partial charge in [0.05, 0.1) is 23.4 Å². The first kappa shape index (κ1) is 30.4. The third-order valence-corrected chi connectivity index (χ3v) is 11.9. The van der Waals surface area contributed by atoms with E-state index in [1.807, 2.05) is 25.9 Å². The zero-order chi connectivity index (χ0) is 31.9. The Balaban J connectivity index is 1.52. The molecule has 5 aliphatic rings. The van der Waals surface area contributed by atoms with Crippen molar-refractivity contribution in [2.45, 2.75) is 68.7 Å². The number of nitrogens with zero attached hydrogens (tertiary/aromatic N) is 4. The van der Waals surface area contributed by atoms with Gasteiger partial charge in [0, 0.05) is 47.2 Å². The highest BCUT2D eigenvalue weighted by molar-refractivity contribution is 7.99. The Bertz CT molecular complexity index is 1610. The van der Waals surface area contributed by atoms with Crippen molar-refractivity contribution in [3.8, 4) is 29.1 Å². The Morgan fingerprint density at radius 2 is 1.89 bits per heavy atom. The lowest BCUT2D eigenvalue weighted by atomic mass is 9.71. The lowest BCUT2D eigenvalue weighted by Gasteiger charge is -2.62. The van der Waals surface area contributed by atoms with Crippen LogP contribution < -0.4 is 14.2 Å². The Morgan fingerprint density at radius 3 is 2.60 bits per heavy atom. The highest BCUT2D eigenvalue weighted by atomic mass is 32.2. The summed E-state index contributed by atoms with van der Waals surface area (Å²) in [7, 11) is 7.47. The third-order valence-electron chi connectivity index (χ3n) is 10.5. The summed E-state index contributed by atoms with van der Waals surface area (Å²) in [6.07, 6.45) is 0.658. The molecule has 0 radical (unpaired) electrons. The molecule has 2 aromatic rings. The van der Waals surface area contributed by atoms with E-state index in [4.69, 9.17) is 23.7 Å². The highest BCUT2D eigenvalue weighted by Crippen LogP contribution is 2.63. The van der Waals surface area contributed by atoms with Gasteiger partial charge in [0.2, 0.25) is 6.79 Å². The maximum Gasteiger partial charge on any atom is 0.324 e. The smallest absolute Gasteiger partial charge is 0.324 e. The van der Waals surface area contributed by atoms with E-state index < -0.39 is 18.1 Å². The number of piperazine rings is 1. The van der Waals surface area contributed by atoms with Crippen LogP contribution in [0.3, 0.4) is 0 Å². The first-order valence-corrected chi connectivity index (χ1v) is 16.4. The summed E-state index contributed by atoms with van der Waals surface area (Å²) >= 11 is 1.62. The van der Waals surface area contributed by atoms with E-state index in [1.165, 1.54) is 5.56 Å². The number of nitriles is 1. The third kappa shape index (κ3) is 4.35. The number of benzene rings is 2. The fraction of sp³-hybridized carbons (Fsp3) is 0.576. The number of fused-ring (bicyclic) bond motifs is 9. The number of thioether (sulfide) groups is 1. The second-order valence-electron chi connectivity index (χ2n) is 12.9. The molecule has 11 nitrogen and oxygen atoms in total. The first-order chi connectivity index (χ1) is 21.6. The molecular formula is C33H40N4O7S. The molecule has 0 aliphatic carbocycles. The summed E-state index contributed by atoms with van der Waals surface area (Å²) < 4.78 is 29.8. The van der Waals surface area contributed by atoms with Crippen molar-refractivity contribution in [1.82, 2.24) is 14.7 Å². The van der Waals surface area contributed by atoms with E-state index in [9.17, 15) is 15.2 Å². The van der Waals surface area contributed by atoms with Crippen molar-refractivity contribution in [2.24, 2.45) is 0 Å². The monoisotopic (exact) mass is 636 g/mol. The topological polar surface area (TPSA) is 117 Å². The Hall–Kier alpha value is -3.21. The Labute approximate surface area is 267 Å². The number of esters is 1. The SMILES string of the molecule is COCOc1c(C)c(C)cc2c1[C@@H]1C3[C@@H]4SC[C@H](N(C)C)C(=O)OC[C@@H](c5c6c(c(C)c(O)c54)OCO6)N3[C@@H](C#N)[C@H](C2)N1C. The lowest BCUT2D eigenvalue weighted by Crippen LogP contribution is -2.69. The van der Waals surface area contributed by atoms with Crippen molar-refractivity contribution in [3.63, 3.8) is 0 Å². The molecule has 240 valence electrons. The van der Waals surface area contributed by atoms with E-state index in [1.54, 1.807) is 18.9 Å². The van der Waals surface area contributed by atoms with Crippen LogP contribution in [0.4, 0.5) is 0 Å². The Kier molecular flexibility index (Phi) is 7.61. The molecule has 2 saturated heterocycles. The maximum absolute atomic E-state index is 13.5. The van der Waals surface area contributed by atoms with Gasteiger partial charge in [-0.2, -0.15) is 5.26 Å². The fourth-order valence-corrected chi connectivity index (χ4v) is 9.92. The highest BCUT2D eigenvalue weighted by Gasteiger charge is 2.60. The molecule has 2 fully saturated rings. The molecule has 7 atom stereocenters. The van der Waals surface area contributed by atoms with Crippen molar-refractivity contribution >= 4 is 17.7 Å². The number of carbonyl (C=O) groups is 1. The predicted molar refractivity (Wildman–Crippen MR) is 167 cm³/mol. The molecule has 7 rings (SSSR count). The van der Waals surface area contributed by atoms with Gasteiger partial charge in [-0.15, -0.1) is 11.8 Å². The molecule has 2 aromatic carbocycles. The van der Waals surface area contributed by atoms with Crippen molar-refractivity contribution in [2.75, 3.05) is 54.2 Å². The molecule has 12 heteroatoms. The van der Waals surface area contributed by atoms with Crippen LogP contribution in [0.5, 0.6) is 23.0 Å². The molecule has 0 spiro atoms. The van der Waals surface area contributed by atoms with Gasteiger partial charge in [-0.1, -0.05) is 6.07 Å². The number of aryl methyl sites for hydroxylation is 1. The molecule has 45 heavy (non-hydrogen) atoms. The molecule has 5 aliphatic heterocycles. The van der Waals surface area contributed by atoms with E-state index >= 15 is 0 Å². The molecule has 0 saturated carbocycles. The minimum atomic E-state index is -0.548. The molecule has 0 amide bonds. The molecule has 1 N–H and O–H groups in total. The van der Waals surface area contributed by atoms with Gasteiger partial charge in [0.1, 0.15) is 30.2 Å². The van der Waals surface area contributed by atoms with Crippen molar-refractivity contribution in [3.05, 3.63) is 45.0 Å². The van der Waals surface area contributed by atoms with Gasteiger partial charge < -0.3 is 28.8 Å². The number of cyclic esters (lactones) is 1. The normalized spacial score (nSPS) is 30.3. The van der Waals surface area contributed by atoms with Crippen molar-refractivity contribution < 1.29 is 33.6 Å². The van der Waals surface area contributed by atoms with Gasteiger partial charge in [-0.25, -0.2) is 0 Å². The predicted octanol–water partition coefficient (Wildman–Crippen LogP) is 3.52. The van der Waals surface area contributed by atoms with Crippen LogP contribution in [0.25, 0.3) is 0 Å². The Morgan fingerprint density at radius 1 is 1.13 bits per heavy atom. The fourth-order valence-electron chi connectivity index (χ4n) is 8.21. The summed E-state index contributed by atoms with van der Waals surface area (Å²) in [5.41, 5.74) is 6.56. The lowest BCUT2D eigenvalue weighted by molar-refractivity contribution is -0.154. The van der Waals surface area contributed by atoms with Crippen LogP contribution in [-0.2, 0) is 20.7 Å². The standard InChI is InChI=1S/C33H40N4O7S/c1-15-8-18-9-19-20(10-34)37-21-11-41-33(39)22(35(4)5)12-45-32(25-24(21)31-30(43-14-44-31)17(3)28(25)38)27(37)26(36(19)6)23(18)29(16(15)2)42-13-40-7/h8,19-22,26-27,32,38H,9,11-14H2,1-7H3/t19-,20-,21-,22-,26+,27?,32+/m0/s1. The largest absolute Gasteiger partial charge is 0.507 e. The van der Waals surface area contributed by atoms with Crippen LogP contribution >= 0.6 is 11.8 Å². The molecule has 1 unspecified atom stereocenters. The second kappa shape index (κ2) is 11.2. The van der Waals surface area contributed by atoms with Gasteiger partial charge in [0.15, 0.2) is 18.3 Å². The van der Waals surface area contributed by atoms with Crippen LogP contribution in [0.2, 0.25) is 0 Å². The number of hydrogen-bond donors (Lipinski definition) is 1. The van der Waals surface area contributed by atoms with Gasteiger partial charge in [-0.05, 0) is 65.0 Å². The quantitative estimate of drug-likeness (QED) is 0.391. The number of aromatic hydroxyl groups is 1. The molecule has 5 heterocycles. The van der Waals surface area contributed by atoms with Gasteiger partial charge in [0.25, 0.3) is 0 Å². The number of likely N-dealkylation sites (N-methyl/N-ethyl adjacent to an activating group) is 2. The zero-order valence-corrected chi connectivity index (χ0v) is 27.6. The van der Waals surface area contributed by atoms with E-state index in [-0.39, 0.29) is 55.3 Å². The van der Waals surface area contributed by atoms with Gasteiger partial charge in [-0.3, -0.25) is 19.5 Å². The summed E-state index contributed by atoms with van der Waals surface area (Å²) in [5.74, 6) is 2.16. The summed E-state index contributed by atoms with van der Waals surface area (Å²) in [6.45, 7) is 6.17.